The van der Waals surface area contributed by atoms with Crippen molar-refractivity contribution in [1.29, 1.82) is 0 Å². The van der Waals surface area contributed by atoms with Crippen LogP contribution in [0.2, 0.25) is 10.0 Å². The number of likely N-dealkylation sites (N-methyl/N-ethyl adjacent to an activating group) is 1. The highest BCUT2D eigenvalue weighted by atomic mass is 35.5. The molecule has 0 saturated heterocycles. The van der Waals surface area contributed by atoms with Gasteiger partial charge in [0.1, 0.15) is 12.6 Å². The van der Waals surface area contributed by atoms with E-state index in [1.165, 1.54) is 4.90 Å². The standard InChI is InChI=1S/C24H31Cl2N3O4S/c1-6-21(24(31)27-7-2)28(14-18-19(25)9-8-10-20(18)26)23(30)15-29(34(5,32)33)22-13-16(3)11-12-17(22)4/h8-13,21H,6-7,14-15H2,1-5H3,(H,27,31)/t21-/m0/s1. The minimum absolute atomic E-state index is 0.0443. The van der Waals surface area contributed by atoms with E-state index in [-0.39, 0.29) is 12.5 Å². The lowest BCUT2D eigenvalue weighted by molar-refractivity contribution is -0.140. The largest absolute Gasteiger partial charge is 0.355 e. The number of halogens is 2. The van der Waals surface area contributed by atoms with E-state index < -0.39 is 28.5 Å². The van der Waals surface area contributed by atoms with Crippen LogP contribution in [0, 0.1) is 13.8 Å². The smallest absolute Gasteiger partial charge is 0.244 e. The monoisotopic (exact) mass is 527 g/mol. The SMILES string of the molecule is CCNC(=O)[C@H](CC)N(Cc1c(Cl)cccc1Cl)C(=O)CN(c1cc(C)ccc1C)S(C)(=O)=O. The van der Waals surface area contributed by atoms with Gasteiger partial charge in [0.25, 0.3) is 0 Å². The Morgan fingerprint density at radius 2 is 1.68 bits per heavy atom. The predicted molar refractivity (Wildman–Crippen MR) is 138 cm³/mol. The molecular weight excluding hydrogens is 497 g/mol. The lowest BCUT2D eigenvalue weighted by Gasteiger charge is -2.33. The molecule has 2 aromatic rings. The Bertz CT molecular complexity index is 1130. The van der Waals surface area contributed by atoms with Crippen molar-refractivity contribution in [3.05, 3.63) is 63.1 Å². The van der Waals surface area contributed by atoms with Crippen LogP contribution in [0.1, 0.15) is 37.0 Å². The molecule has 186 valence electrons. The second-order valence-corrected chi connectivity index (χ2v) is 10.8. The van der Waals surface area contributed by atoms with Crippen LogP contribution in [-0.2, 0) is 26.2 Å². The average molecular weight is 529 g/mol. The Hall–Kier alpha value is -2.29. The van der Waals surface area contributed by atoms with Gasteiger partial charge in [0.15, 0.2) is 0 Å². The van der Waals surface area contributed by atoms with Gasteiger partial charge < -0.3 is 10.2 Å². The van der Waals surface area contributed by atoms with Crippen molar-refractivity contribution in [2.24, 2.45) is 0 Å². The van der Waals surface area contributed by atoms with E-state index in [2.05, 4.69) is 5.32 Å². The zero-order valence-corrected chi connectivity index (χ0v) is 22.4. The van der Waals surface area contributed by atoms with Gasteiger partial charge in [-0.05, 0) is 56.5 Å². The molecule has 34 heavy (non-hydrogen) atoms. The Labute approximate surface area is 212 Å². The van der Waals surface area contributed by atoms with Crippen LogP contribution >= 0.6 is 23.2 Å². The molecule has 0 saturated carbocycles. The highest BCUT2D eigenvalue weighted by Gasteiger charge is 2.32. The summed E-state index contributed by atoms with van der Waals surface area (Å²) in [5, 5.41) is 3.45. The molecule has 0 aromatic heterocycles. The lowest BCUT2D eigenvalue weighted by atomic mass is 10.1. The van der Waals surface area contributed by atoms with Gasteiger partial charge >= 0.3 is 0 Å². The second-order valence-electron chi connectivity index (χ2n) is 8.10. The van der Waals surface area contributed by atoms with Crippen LogP contribution in [-0.4, -0.2) is 50.5 Å². The molecule has 10 heteroatoms. The van der Waals surface area contributed by atoms with Crippen molar-refractivity contribution < 1.29 is 18.0 Å². The maximum Gasteiger partial charge on any atom is 0.244 e. The molecule has 7 nitrogen and oxygen atoms in total. The summed E-state index contributed by atoms with van der Waals surface area (Å²) in [6.07, 6.45) is 1.38. The van der Waals surface area contributed by atoms with Gasteiger partial charge in [-0.15, -0.1) is 0 Å². The summed E-state index contributed by atoms with van der Waals surface area (Å²) in [5.74, 6) is -0.875. The van der Waals surface area contributed by atoms with Crippen molar-refractivity contribution in [1.82, 2.24) is 10.2 Å². The zero-order chi connectivity index (χ0) is 25.6. The number of nitrogens with zero attached hydrogens (tertiary/aromatic N) is 2. The van der Waals surface area contributed by atoms with Crippen LogP contribution < -0.4 is 9.62 Å². The fourth-order valence-electron chi connectivity index (χ4n) is 3.65. The summed E-state index contributed by atoms with van der Waals surface area (Å²) in [7, 11) is -3.80. The van der Waals surface area contributed by atoms with Gasteiger partial charge in [0.05, 0.1) is 11.9 Å². The molecule has 0 bridgehead atoms. The zero-order valence-electron chi connectivity index (χ0n) is 20.1. The summed E-state index contributed by atoms with van der Waals surface area (Å²) >= 11 is 12.7. The van der Waals surface area contributed by atoms with Crippen molar-refractivity contribution in [2.75, 3.05) is 23.7 Å². The van der Waals surface area contributed by atoms with E-state index >= 15 is 0 Å². The van der Waals surface area contributed by atoms with Gasteiger partial charge in [0, 0.05) is 28.7 Å². The number of benzene rings is 2. The molecule has 0 fully saturated rings. The Morgan fingerprint density at radius 3 is 2.21 bits per heavy atom. The molecule has 0 aliphatic carbocycles. The fraction of sp³-hybridized carbons (Fsp3) is 0.417. The summed E-state index contributed by atoms with van der Waals surface area (Å²) in [6.45, 7) is 7.07. The van der Waals surface area contributed by atoms with Gasteiger partial charge in [-0.3, -0.25) is 13.9 Å². The molecule has 2 rings (SSSR count). The third-order valence-corrected chi connectivity index (χ3v) is 7.27. The normalized spacial score (nSPS) is 12.2. The molecule has 0 radical (unpaired) electrons. The van der Waals surface area contributed by atoms with Crippen LogP contribution in [0.15, 0.2) is 36.4 Å². The molecule has 0 heterocycles. The Balaban J connectivity index is 2.54. The first kappa shape index (κ1) is 28.0. The molecule has 1 N–H and O–H groups in total. The molecular formula is C24H31Cl2N3O4S. The molecule has 0 spiro atoms. The number of anilines is 1. The number of carbonyl (C=O) groups excluding carboxylic acids is 2. The first-order valence-corrected chi connectivity index (χ1v) is 13.6. The number of amides is 2. The molecule has 1 atom stereocenters. The Kier molecular flexibility index (Phi) is 9.79. The maximum absolute atomic E-state index is 13.7. The minimum Gasteiger partial charge on any atom is -0.355 e. The third-order valence-electron chi connectivity index (χ3n) is 5.44. The Morgan fingerprint density at radius 1 is 1.06 bits per heavy atom. The average Bonchev–Trinajstić information content (AvgIpc) is 2.75. The minimum atomic E-state index is -3.80. The number of hydrogen-bond acceptors (Lipinski definition) is 4. The summed E-state index contributed by atoms with van der Waals surface area (Å²) in [4.78, 5) is 27.8. The topological polar surface area (TPSA) is 86.8 Å². The molecule has 2 amide bonds. The highest BCUT2D eigenvalue weighted by Crippen LogP contribution is 2.28. The van der Waals surface area contributed by atoms with Crippen LogP contribution in [0.25, 0.3) is 0 Å². The summed E-state index contributed by atoms with van der Waals surface area (Å²) in [6, 6.07) is 9.55. The van der Waals surface area contributed by atoms with Gasteiger partial charge in [-0.25, -0.2) is 8.42 Å². The van der Waals surface area contributed by atoms with Crippen LogP contribution in [0.3, 0.4) is 0 Å². The van der Waals surface area contributed by atoms with E-state index in [0.29, 0.717) is 39.8 Å². The van der Waals surface area contributed by atoms with Crippen molar-refractivity contribution in [3.8, 4) is 0 Å². The number of hydrogen-bond donors (Lipinski definition) is 1. The van der Waals surface area contributed by atoms with E-state index in [9.17, 15) is 18.0 Å². The maximum atomic E-state index is 13.7. The first-order valence-electron chi connectivity index (χ1n) is 11.0. The number of carbonyl (C=O) groups is 2. The van der Waals surface area contributed by atoms with Crippen LogP contribution in [0.5, 0.6) is 0 Å². The third kappa shape index (κ3) is 6.87. The quantitative estimate of drug-likeness (QED) is 0.498. The van der Waals surface area contributed by atoms with Gasteiger partial charge in [0.2, 0.25) is 21.8 Å². The van der Waals surface area contributed by atoms with E-state index in [0.717, 1.165) is 16.1 Å². The summed E-state index contributed by atoms with van der Waals surface area (Å²) in [5.41, 5.74) is 2.47. The number of sulfonamides is 1. The second kappa shape index (κ2) is 11.9. The first-order chi connectivity index (χ1) is 15.9. The predicted octanol–water partition coefficient (Wildman–Crippen LogP) is 4.32. The van der Waals surface area contributed by atoms with Crippen molar-refractivity contribution >= 4 is 50.7 Å². The highest BCUT2D eigenvalue weighted by molar-refractivity contribution is 7.92. The number of nitrogens with one attached hydrogen (secondary N) is 1. The van der Waals surface area contributed by atoms with E-state index in [1.54, 1.807) is 51.1 Å². The molecule has 0 aliphatic rings. The summed E-state index contributed by atoms with van der Waals surface area (Å²) < 4.78 is 26.5. The molecule has 0 aliphatic heterocycles. The van der Waals surface area contributed by atoms with Crippen molar-refractivity contribution in [3.63, 3.8) is 0 Å². The molecule has 2 aromatic carbocycles. The van der Waals surface area contributed by atoms with Gasteiger partial charge in [-0.2, -0.15) is 0 Å². The number of aryl methyl sites for hydroxylation is 2. The lowest BCUT2D eigenvalue weighted by Crippen LogP contribution is -2.52. The fourth-order valence-corrected chi connectivity index (χ4v) is 5.06. The van der Waals surface area contributed by atoms with Crippen LogP contribution in [0.4, 0.5) is 5.69 Å². The van der Waals surface area contributed by atoms with Crippen molar-refractivity contribution in [2.45, 2.75) is 46.7 Å². The van der Waals surface area contributed by atoms with Gasteiger partial charge in [-0.1, -0.05) is 48.3 Å². The number of rotatable bonds is 10. The molecule has 0 unspecified atom stereocenters. The van der Waals surface area contributed by atoms with E-state index in [4.69, 9.17) is 23.2 Å². The van der Waals surface area contributed by atoms with E-state index in [1.807, 2.05) is 13.0 Å².